The van der Waals surface area contributed by atoms with E-state index in [9.17, 15) is 22.4 Å². The van der Waals surface area contributed by atoms with Gasteiger partial charge in [0.2, 0.25) is 21.8 Å². The van der Waals surface area contributed by atoms with Gasteiger partial charge in [-0.2, -0.15) is 0 Å². The quantitative estimate of drug-likeness (QED) is 0.538. The summed E-state index contributed by atoms with van der Waals surface area (Å²) in [5.41, 5.74) is 1.87. The predicted molar refractivity (Wildman–Crippen MR) is 128 cm³/mol. The zero-order valence-electron chi connectivity index (χ0n) is 19.5. The highest BCUT2D eigenvalue weighted by Gasteiger charge is 2.27. The van der Waals surface area contributed by atoms with Crippen LogP contribution in [0.5, 0.6) is 0 Å². The molecule has 0 aliphatic carbocycles. The van der Waals surface area contributed by atoms with Crippen LogP contribution in [0.2, 0.25) is 0 Å². The zero-order valence-corrected chi connectivity index (χ0v) is 20.4. The van der Waals surface area contributed by atoms with Crippen molar-refractivity contribution in [2.75, 3.05) is 23.7 Å². The van der Waals surface area contributed by atoms with Crippen molar-refractivity contribution in [3.8, 4) is 0 Å². The smallest absolute Gasteiger partial charge is 0.242 e. The Morgan fingerprint density at radius 2 is 1.73 bits per heavy atom. The average molecular weight is 478 g/mol. The topological polar surface area (TPSA) is 86.8 Å². The molecule has 2 amide bonds. The molecule has 33 heavy (non-hydrogen) atoms. The summed E-state index contributed by atoms with van der Waals surface area (Å²) < 4.78 is 39.7. The van der Waals surface area contributed by atoms with Crippen molar-refractivity contribution >= 4 is 27.5 Å². The van der Waals surface area contributed by atoms with Crippen molar-refractivity contribution in [3.63, 3.8) is 0 Å². The van der Waals surface area contributed by atoms with Gasteiger partial charge in [0, 0.05) is 26.1 Å². The van der Waals surface area contributed by atoms with Crippen molar-refractivity contribution in [1.82, 2.24) is 10.2 Å². The number of rotatable bonds is 11. The molecule has 9 heteroatoms. The first-order valence-corrected chi connectivity index (χ1v) is 12.7. The Morgan fingerprint density at radius 3 is 2.33 bits per heavy atom. The highest BCUT2D eigenvalue weighted by molar-refractivity contribution is 7.92. The van der Waals surface area contributed by atoms with Crippen molar-refractivity contribution in [2.24, 2.45) is 0 Å². The molecule has 0 aliphatic rings. The fraction of sp³-hybridized carbons (Fsp3) is 0.417. The summed E-state index contributed by atoms with van der Waals surface area (Å²) in [5, 5.41) is 2.74. The summed E-state index contributed by atoms with van der Waals surface area (Å²) in [7, 11) is -3.75. The molecular formula is C24H32FN3O4S. The number of likely N-dealkylation sites (N-methyl/N-ethyl adjacent to an activating group) is 1. The van der Waals surface area contributed by atoms with Crippen LogP contribution in [0.3, 0.4) is 0 Å². The molecule has 2 rings (SSSR count). The minimum atomic E-state index is -3.75. The van der Waals surface area contributed by atoms with Gasteiger partial charge < -0.3 is 10.2 Å². The maximum Gasteiger partial charge on any atom is 0.242 e. The van der Waals surface area contributed by atoms with E-state index in [1.54, 1.807) is 19.9 Å². The maximum absolute atomic E-state index is 14.2. The number of benzene rings is 2. The molecule has 0 bridgehead atoms. The van der Waals surface area contributed by atoms with Gasteiger partial charge in [-0.25, -0.2) is 12.8 Å². The van der Waals surface area contributed by atoms with Crippen LogP contribution in [0.15, 0.2) is 48.5 Å². The molecule has 0 saturated heterocycles. The SMILES string of the molecule is CCNC(=O)[C@@H](C)N(Cc1ccccc1C)C(=O)CCCN(c1ccccc1F)S(C)(=O)=O. The summed E-state index contributed by atoms with van der Waals surface area (Å²) in [6.07, 6.45) is 1.19. The van der Waals surface area contributed by atoms with E-state index >= 15 is 0 Å². The number of hydrogen-bond donors (Lipinski definition) is 1. The van der Waals surface area contributed by atoms with Crippen LogP contribution in [0.25, 0.3) is 0 Å². The minimum Gasteiger partial charge on any atom is -0.355 e. The number of nitrogens with one attached hydrogen (secondary N) is 1. The van der Waals surface area contributed by atoms with E-state index in [1.807, 2.05) is 31.2 Å². The van der Waals surface area contributed by atoms with Crippen LogP contribution in [0, 0.1) is 12.7 Å². The van der Waals surface area contributed by atoms with E-state index in [0.29, 0.717) is 6.54 Å². The molecule has 1 N–H and O–H groups in total. The van der Waals surface area contributed by atoms with Gasteiger partial charge in [-0.15, -0.1) is 0 Å². The first kappa shape index (κ1) is 26.3. The molecule has 2 aromatic carbocycles. The number of sulfonamides is 1. The van der Waals surface area contributed by atoms with Gasteiger partial charge in [-0.1, -0.05) is 36.4 Å². The second kappa shape index (κ2) is 11.8. The lowest BCUT2D eigenvalue weighted by molar-refractivity contribution is -0.140. The second-order valence-corrected chi connectivity index (χ2v) is 9.82. The molecule has 0 fully saturated rings. The van der Waals surface area contributed by atoms with Crippen LogP contribution >= 0.6 is 0 Å². The van der Waals surface area contributed by atoms with Gasteiger partial charge in [-0.05, 0) is 50.5 Å². The minimum absolute atomic E-state index is 0.0100. The van der Waals surface area contributed by atoms with Crippen LogP contribution < -0.4 is 9.62 Å². The highest BCUT2D eigenvalue weighted by atomic mass is 32.2. The van der Waals surface area contributed by atoms with Gasteiger partial charge in [-0.3, -0.25) is 13.9 Å². The number of halogens is 1. The summed E-state index contributed by atoms with van der Waals surface area (Å²) >= 11 is 0. The third-order valence-corrected chi connectivity index (χ3v) is 6.57. The molecule has 7 nitrogen and oxygen atoms in total. The van der Waals surface area contributed by atoms with Crippen molar-refractivity contribution < 1.29 is 22.4 Å². The Kier molecular flexibility index (Phi) is 9.40. The lowest BCUT2D eigenvalue weighted by Gasteiger charge is -2.30. The van der Waals surface area contributed by atoms with Crippen LogP contribution in [0.1, 0.15) is 37.8 Å². The molecule has 2 aromatic rings. The van der Waals surface area contributed by atoms with Crippen LogP contribution in [-0.2, 0) is 26.2 Å². The number of hydrogen-bond acceptors (Lipinski definition) is 4. The van der Waals surface area contributed by atoms with E-state index in [2.05, 4.69) is 5.32 Å². The average Bonchev–Trinajstić information content (AvgIpc) is 2.75. The predicted octanol–water partition coefficient (Wildman–Crippen LogP) is 3.23. The standard InChI is InChI=1S/C24H32FN3O4S/c1-5-26-24(30)19(3)27(17-20-12-7-6-11-18(20)2)23(29)15-10-16-28(33(4,31)32)22-14-9-8-13-21(22)25/h6-9,11-14,19H,5,10,15-17H2,1-4H3,(H,26,30)/t19-/m1/s1. The number of amides is 2. The Labute approximate surface area is 195 Å². The van der Waals surface area contributed by atoms with Gasteiger partial charge in [0.1, 0.15) is 11.9 Å². The monoisotopic (exact) mass is 477 g/mol. The van der Waals surface area contributed by atoms with Crippen LogP contribution in [0.4, 0.5) is 10.1 Å². The first-order valence-electron chi connectivity index (χ1n) is 10.9. The van der Waals surface area contributed by atoms with Gasteiger partial charge in [0.05, 0.1) is 11.9 Å². The number of carbonyl (C=O) groups excluding carboxylic acids is 2. The fourth-order valence-electron chi connectivity index (χ4n) is 3.51. The molecule has 0 unspecified atom stereocenters. The Balaban J connectivity index is 2.18. The van der Waals surface area contributed by atoms with E-state index < -0.39 is 21.9 Å². The molecule has 1 atom stereocenters. The van der Waals surface area contributed by atoms with Gasteiger partial charge in [0.25, 0.3) is 0 Å². The van der Waals surface area contributed by atoms with Gasteiger partial charge >= 0.3 is 0 Å². The Hall–Kier alpha value is -2.94. The first-order chi connectivity index (χ1) is 15.6. The lowest BCUT2D eigenvalue weighted by Crippen LogP contribution is -2.47. The number of carbonyl (C=O) groups is 2. The lowest BCUT2D eigenvalue weighted by atomic mass is 10.1. The molecule has 0 saturated carbocycles. The highest BCUT2D eigenvalue weighted by Crippen LogP contribution is 2.22. The summed E-state index contributed by atoms with van der Waals surface area (Å²) in [5.74, 6) is -1.19. The fourth-order valence-corrected chi connectivity index (χ4v) is 4.48. The molecule has 0 heterocycles. The summed E-state index contributed by atoms with van der Waals surface area (Å²) in [4.78, 5) is 27.1. The number of aryl methyl sites for hydroxylation is 1. The molecular weight excluding hydrogens is 445 g/mol. The van der Waals surface area contributed by atoms with Crippen molar-refractivity contribution in [3.05, 3.63) is 65.5 Å². The van der Waals surface area contributed by atoms with E-state index in [-0.39, 0.29) is 43.4 Å². The maximum atomic E-state index is 14.2. The Bertz CT molecular complexity index is 1070. The third-order valence-electron chi connectivity index (χ3n) is 5.39. The van der Waals surface area contributed by atoms with E-state index in [1.165, 1.54) is 23.1 Å². The summed E-state index contributed by atoms with van der Waals surface area (Å²) in [6, 6.07) is 12.5. The number of nitrogens with zero attached hydrogens (tertiary/aromatic N) is 2. The van der Waals surface area contributed by atoms with E-state index in [4.69, 9.17) is 0 Å². The third kappa shape index (κ3) is 7.28. The van der Waals surface area contributed by atoms with Crippen molar-refractivity contribution in [1.29, 1.82) is 0 Å². The van der Waals surface area contributed by atoms with Gasteiger partial charge in [0.15, 0.2) is 0 Å². The Morgan fingerprint density at radius 1 is 1.09 bits per heavy atom. The molecule has 180 valence electrons. The second-order valence-electron chi connectivity index (χ2n) is 7.91. The molecule has 0 radical (unpaired) electrons. The molecule has 0 aliphatic heterocycles. The largest absolute Gasteiger partial charge is 0.355 e. The normalized spacial score (nSPS) is 12.2. The van der Waals surface area contributed by atoms with Crippen molar-refractivity contribution in [2.45, 2.75) is 46.2 Å². The summed E-state index contributed by atoms with van der Waals surface area (Å²) in [6.45, 7) is 6.06. The number of para-hydroxylation sites is 1. The molecule has 0 spiro atoms. The van der Waals surface area contributed by atoms with E-state index in [0.717, 1.165) is 21.7 Å². The zero-order chi connectivity index (χ0) is 24.6. The van der Waals surface area contributed by atoms with Crippen LogP contribution in [-0.4, -0.2) is 50.5 Å². The molecule has 0 aromatic heterocycles. The number of anilines is 1.